The second kappa shape index (κ2) is 7.25. The molecule has 0 radical (unpaired) electrons. The van der Waals surface area contributed by atoms with E-state index in [-0.39, 0.29) is 5.91 Å². The first-order chi connectivity index (χ1) is 14.2. The highest BCUT2D eigenvalue weighted by atomic mass is 16.5. The summed E-state index contributed by atoms with van der Waals surface area (Å²) in [7, 11) is 1.66. The number of imidazole rings is 1. The van der Waals surface area contributed by atoms with Gasteiger partial charge in [-0.05, 0) is 24.3 Å². The lowest BCUT2D eigenvalue weighted by molar-refractivity contribution is 0.0597. The van der Waals surface area contributed by atoms with Gasteiger partial charge in [0.2, 0.25) is 0 Å². The molecule has 1 aliphatic rings. The van der Waals surface area contributed by atoms with Crippen LogP contribution in [0.4, 0.5) is 0 Å². The summed E-state index contributed by atoms with van der Waals surface area (Å²) in [6, 6.07) is 15.3. The first-order valence-electron chi connectivity index (χ1n) is 9.72. The fraction of sp³-hybridized carbons (Fsp3) is 0.273. The zero-order valence-electron chi connectivity index (χ0n) is 16.2. The molecule has 5 rings (SSSR count). The van der Waals surface area contributed by atoms with Crippen LogP contribution in [0, 0.1) is 0 Å². The van der Waals surface area contributed by atoms with E-state index in [1.165, 1.54) is 0 Å². The molecule has 3 heterocycles. The molecule has 7 heteroatoms. The molecule has 0 saturated carbocycles. The topological polar surface area (TPSA) is 74.6 Å². The highest BCUT2D eigenvalue weighted by Gasteiger charge is 2.25. The van der Waals surface area contributed by atoms with Gasteiger partial charge >= 0.3 is 0 Å². The number of para-hydroxylation sites is 1. The number of hydrogen-bond acceptors (Lipinski definition) is 5. The Balaban J connectivity index is 1.22. The maximum Gasteiger partial charge on any atom is 0.289 e. The van der Waals surface area contributed by atoms with E-state index in [4.69, 9.17) is 9.15 Å². The predicted molar refractivity (Wildman–Crippen MR) is 110 cm³/mol. The number of piperazine rings is 1. The van der Waals surface area contributed by atoms with Crippen molar-refractivity contribution in [2.24, 2.45) is 0 Å². The van der Waals surface area contributed by atoms with Gasteiger partial charge in [0.1, 0.15) is 17.2 Å². The molecule has 29 heavy (non-hydrogen) atoms. The molecule has 1 aliphatic heterocycles. The van der Waals surface area contributed by atoms with E-state index < -0.39 is 0 Å². The average Bonchev–Trinajstić information content (AvgIpc) is 3.36. The number of fused-ring (bicyclic) bond motifs is 2. The maximum atomic E-state index is 12.8. The van der Waals surface area contributed by atoms with Crippen LogP contribution in [0.3, 0.4) is 0 Å². The lowest BCUT2D eigenvalue weighted by atomic mass is 10.2. The van der Waals surface area contributed by atoms with Gasteiger partial charge in [0.05, 0.1) is 24.7 Å². The quantitative estimate of drug-likeness (QED) is 0.579. The van der Waals surface area contributed by atoms with Crippen molar-refractivity contribution < 1.29 is 13.9 Å². The fourth-order valence-electron chi connectivity index (χ4n) is 3.81. The number of methoxy groups -OCH3 is 1. The minimum Gasteiger partial charge on any atom is -0.497 e. The van der Waals surface area contributed by atoms with Gasteiger partial charge in [-0.1, -0.05) is 18.2 Å². The minimum absolute atomic E-state index is 0.0447. The van der Waals surface area contributed by atoms with Gasteiger partial charge in [-0.2, -0.15) is 0 Å². The Labute approximate surface area is 167 Å². The highest BCUT2D eigenvalue weighted by Crippen LogP contribution is 2.22. The number of H-pyrrole nitrogens is 1. The van der Waals surface area contributed by atoms with E-state index in [0.29, 0.717) is 18.8 Å². The van der Waals surface area contributed by atoms with Crippen LogP contribution in [-0.4, -0.2) is 59.0 Å². The number of carbonyl (C=O) groups excluding carboxylic acids is 1. The molecule has 0 aliphatic carbocycles. The Bertz CT molecular complexity index is 1140. The van der Waals surface area contributed by atoms with E-state index in [1.54, 1.807) is 7.11 Å². The van der Waals surface area contributed by atoms with Crippen LogP contribution in [0.1, 0.15) is 16.4 Å². The normalized spacial score (nSPS) is 15.3. The van der Waals surface area contributed by atoms with Crippen molar-refractivity contribution in [3.05, 3.63) is 60.1 Å². The molecule has 4 aromatic rings. The third kappa shape index (κ3) is 3.45. The van der Waals surface area contributed by atoms with Crippen molar-refractivity contribution in [3.8, 4) is 5.75 Å². The smallest absolute Gasteiger partial charge is 0.289 e. The molecule has 2 aromatic carbocycles. The standard InChI is InChI=1S/C22H22N4O3/c1-28-16-6-7-17-18(13-16)24-21(23-17)14-25-8-10-26(11-9-25)22(27)20-12-15-4-2-3-5-19(15)29-20/h2-7,12-13H,8-11,14H2,1H3,(H,23,24). The van der Waals surface area contributed by atoms with Crippen LogP contribution in [0.2, 0.25) is 0 Å². The highest BCUT2D eigenvalue weighted by molar-refractivity contribution is 5.96. The first kappa shape index (κ1) is 17.8. The van der Waals surface area contributed by atoms with E-state index in [1.807, 2.05) is 53.4 Å². The second-order valence-electron chi connectivity index (χ2n) is 7.28. The van der Waals surface area contributed by atoms with Crippen molar-refractivity contribution in [2.75, 3.05) is 33.3 Å². The van der Waals surface area contributed by atoms with Crippen LogP contribution >= 0.6 is 0 Å². The van der Waals surface area contributed by atoms with Gasteiger partial charge in [-0.25, -0.2) is 4.98 Å². The summed E-state index contributed by atoms with van der Waals surface area (Å²) < 4.78 is 11.0. The van der Waals surface area contributed by atoms with E-state index in [2.05, 4.69) is 14.9 Å². The number of nitrogens with zero attached hydrogens (tertiary/aromatic N) is 3. The summed E-state index contributed by atoms with van der Waals surface area (Å²) in [6.07, 6.45) is 0. The third-order valence-electron chi connectivity index (χ3n) is 5.41. The van der Waals surface area contributed by atoms with Gasteiger partial charge < -0.3 is 19.0 Å². The molecule has 1 N–H and O–H groups in total. The molecule has 0 bridgehead atoms. The maximum absolute atomic E-state index is 12.8. The number of amides is 1. The van der Waals surface area contributed by atoms with E-state index >= 15 is 0 Å². The Morgan fingerprint density at radius 2 is 1.97 bits per heavy atom. The molecule has 1 saturated heterocycles. The molecular weight excluding hydrogens is 368 g/mol. The number of aromatic nitrogens is 2. The van der Waals surface area contributed by atoms with E-state index in [9.17, 15) is 4.79 Å². The number of carbonyl (C=O) groups is 1. The lowest BCUT2D eigenvalue weighted by Crippen LogP contribution is -2.48. The van der Waals surface area contributed by atoms with Crippen LogP contribution < -0.4 is 4.74 Å². The number of nitrogens with one attached hydrogen (secondary N) is 1. The van der Waals surface area contributed by atoms with Crippen molar-refractivity contribution in [1.29, 1.82) is 0 Å². The van der Waals surface area contributed by atoms with E-state index in [0.717, 1.165) is 53.2 Å². The number of benzene rings is 2. The zero-order chi connectivity index (χ0) is 19.8. The van der Waals surface area contributed by atoms with Gasteiger partial charge in [-0.15, -0.1) is 0 Å². The Kier molecular flexibility index (Phi) is 4.44. The molecule has 148 valence electrons. The van der Waals surface area contributed by atoms with Gasteiger partial charge in [0, 0.05) is 37.6 Å². The van der Waals surface area contributed by atoms with Gasteiger partial charge in [0.25, 0.3) is 5.91 Å². The number of hydrogen-bond donors (Lipinski definition) is 1. The number of rotatable bonds is 4. The molecule has 0 spiro atoms. The Morgan fingerprint density at radius 1 is 1.14 bits per heavy atom. The molecular formula is C22H22N4O3. The summed E-state index contributed by atoms with van der Waals surface area (Å²) in [5.41, 5.74) is 2.65. The molecule has 2 aromatic heterocycles. The molecule has 1 fully saturated rings. The molecule has 0 atom stereocenters. The predicted octanol–water partition coefficient (Wildman–Crippen LogP) is 3.28. The third-order valence-corrected chi connectivity index (χ3v) is 5.41. The summed E-state index contributed by atoms with van der Waals surface area (Å²) in [5, 5.41) is 0.955. The molecule has 7 nitrogen and oxygen atoms in total. The first-order valence-corrected chi connectivity index (χ1v) is 9.72. The monoisotopic (exact) mass is 390 g/mol. The number of furan rings is 1. The van der Waals surface area contributed by atoms with Crippen molar-refractivity contribution in [3.63, 3.8) is 0 Å². The summed E-state index contributed by atoms with van der Waals surface area (Å²) in [6.45, 7) is 3.66. The summed E-state index contributed by atoms with van der Waals surface area (Å²) in [5.74, 6) is 2.10. The Morgan fingerprint density at radius 3 is 2.76 bits per heavy atom. The number of aromatic amines is 1. The SMILES string of the molecule is COc1ccc2nc(CN3CCN(C(=O)c4cc5ccccc5o4)CC3)[nH]c2c1. The van der Waals surface area contributed by atoms with Crippen molar-refractivity contribution in [2.45, 2.75) is 6.54 Å². The fourth-order valence-corrected chi connectivity index (χ4v) is 3.81. The van der Waals surface area contributed by atoms with Gasteiger partial charge in [0.15, 0.2) is 5.76 Å². The summed E-state index contributed by atoms with van der Waals surface area (Å²) >= 11 is 0. The van der Waals surface area contributed by atoms with Crippen LogP contribution in [0.15, 0.2) is 52.9 Å². The van der Waals surface area contributed by atoms with Crippen LogP contribution in [-0.2, 0) is 6.54 Å². The second-order valence-corrected chi connectivity index (χ2v) is 7.28. The van der Waals surface area contributed by atoms with Crippen LogP contribution in [0.25, 0.3) is 22.0 Å². The van der Waals surface area contributed by atoms with Crippen molar-refractivity contribution in [1.82, 2.24) is 19.8 Å². The lowest BCUT2D eigenvalue weighted by Gasteiger charge is -2.33. The summed E-state index contributed by atoms with van der Waals surface area (Å²) in [4.78, 5) is 25.0. The number of ether oxygens (including phenoxy) is 1. The minimum atomic E-state index is -0.0447. The molecule has 1 amide bonds. The van der Waals surface area contributed by atoms with Crippen molar-refractivity contribution >= 4 is 27.9 Å². The Hall–Kier alpha value is -3.32. The average molecular weight is 390 g/mol. The molecule has 0 unspecified atom stereocenters. The largest absolute Gasteiger partial charge is 0.497 e. The van der Waals surface area contributed by atoms with Gasteiger partial charge in [-0.3, -0.25) is 9.69 Å². The van der Waals surface area contributed by atoms with Crippen LogP contribution in [0.5, 0.6) is 5.75 Å². The zero-order valence-corrected chi connectivity index (χ0v) is 16.2.